The van der Waals surface area contributed by atoms with Crippen LogP contribution in [0.5, 0.6) is 0 Å². The highest BCUT2D eigenvalue weighted by molar-refractivity contribution is 5.79. The molecule has 4 heteroatoms. The van der Waals surface area contributed by atoms with E-state index in [0.29, 0.717) is 13.0 Å². The van der Waals surface area contributed by atoms with E-state index >= 15 is 0 Å². The first-order chi connectivity index (χ1) is 9.03. The summed E-state index contributed by atoms with van der Waals surface area (Å²) < 4.78 is 5.00. The molecule has 1 heterocycles. The number of hydrogen-bond donors (Lipinski definition) is 1. The SMILES string of the molecule is CCOC(=O)C(C)(N)CCN1Cc2ccccc2C1. The lowest BCUT2D eigenvalue weighted by Gasteiger charge is -2.25. The minimum atomic E-state index is -0.898. The second-order valence-corrected chi connectivity index (χ2v) is 5.37. The Kier molecular flexibility index (Phi) is 4.22. The number of nitrogens with two attached hydrogens (primary N) is 1. The molecule has 0 saturated heterocycles. The molecule has 104 valence electrons. The van der Waals surface area contributed by atoms with E-state index in [4.69, 9.17) is 10.5 Å². The van der Waals surface area contributed by atoms with Crippen LogP contribution in [0, 0.1) is 0 Å². The molecule has 0 spiro atoms. The van der Waals surface area contributed by atoms with E-state index in [1.807, 2.05) is 0 Å². The Morgan fingerprint density at radius 3 is 2.47 bits per heavy atom. The molecule has 1 aromatic carbocycles. The van der Waals surface area contributed by atoms with E-state index < -0.39 is 5.54 Å². The molecule has 1 aromatic rings. The van der Waals surface area contributed by atoms with E-state index in [9.17, 15) is 4.79 Å². The fraction of sp³-hybridized carbons (Fsp3) is 0.533. The van der Waals surface area contributed by atoms with Gasteiger partial charge in [0.25, 0.3) is 0 Å². The number of carbonyl (C=O) groups excluding carboxylic acids is 1. The molecular weight excluding hydrogens is 240 g/mol. The van der Waals surface area contributed by atoms with Crippen molar-refractivity contribution in [2.75, 3.05) is 13.2 Å². The van der Waals surface area contributed by atoms with Crippen molar-refractivity contribution in [3.63, 3.8) is 0 Å². The summed E-state index contributed by atoms with van der Waals surface area (Å²) in [5.41, 5.74) is 7.88. The van der Waals surface area contributed by atoms with E-state index in [1.54, 1.807) is 13.8 Å². The summed E-state index contributed by atoms with van der Waals surface area (Å²) in [6, 6.07) is 8.44. The van der Waals surface area contributed by atoms with Crippen molar-refractivity contribution in [2.45, 2.75) is 38.9 Å². The van der Waals surface area contributed by atoms with Gasteiger partial charge < -0.3 is 10.5 Å². The van der Waals surface area contributed by atoms with Gasteiger partial charge in [-0.1, -0.05) is 24.3 Å². The lowest BCUT2D eigenvalue weighted by atomic mass is 9.99. The molecule has 0 radical (unpaired) electrons. The van der Waals surface area contributed by atoms with Crippen LogP contribution in [0.4, 0.5) is 0 Å². The fourth-order valence-corrected chi connectivity index (χ4v) is 2.35. The van der Waals surface area contributed by atoms with Crippen LogP contribution in [-0.4, -0.2) is 29.6 Å². The molecule has 0 amide bonds. The van der Waals surface area contributed by atoms with Crippen LogP contribution in [-0.2, 0) is 22.6 Å². The van der Waals surface area contributed by atoms with Crippen LogP contribution >= 0.6 is 0 Å². The summed E-state index contributed by atoms with van der Waals surface area (Å²) in [6.45, 7) is 6.60. The van der Waals surface area contributed by atoms with Gasteiger partial charge >= 0.3 is 5.97 Å². The number of hydrogen-bond acceptors (Lipinski definition) is 4. The van der Waals surface area contributed by atoms with Crippen molar-refractivity contribution < 1.29 is 9.53 Å². The molecule has 2 rings (SSSR count). The summed E-state index contributed by atoms with van der Waals surface area (Å²) in [7, 11) is 0. The predicted octanol–water partition coefficient (Wildman–Crippen LogP) is 1.67. The van der Waals surface area contributed by atoms with Crippen molar-refractivity contribution in [3.05, 3.63) is 35.4 Å². The van der Waals surface area contributed by atoms with E-state index in [2.05, 4.69) is 29.2 Å². The molecule has 19 heavy (non-hydrogen) atoms. The number of rotatable bonds is 5. The van der Waals surface area contributed by atoms with Gasteiger partial charge in [0.2, 0.25) is 0 Å². The predicted molar refractivity (Wildman–Crippen MR) is 74.4 cm³/mol. The highest BCUT2D eigenvalue weighted by atomic mass is 16.5. The van der Waals surface area contributed by atoms with Crippen LogP contribution in [0.3, 0.4) is 0 Å². The van der Waals surface area contributed by atoms with Gasteiger partial charge in [0.1, 0.15) is 5.54 Å². The van der Waals surface area contributed by atoms with Gasteiger partial charge in [-0.3, -0.25) is 9.69 Å². The molecule has 1 atom stereocenters. The molecule has 0 bridgehead atoms. The lowest BCUT2D eigenvalue weighted by Crippen LogP contribution is -2.48. The Hall–Kier alpha value is -1.39. The molecule has 0 fully saturated rings. The van der Waals surface area contributed by atoms with Crippen LogP contribution in [0.1, 0.15) is 31.4 Å². The highest BCUT2D eigenvalue weighted by Crippen LogP contribution is 2.23. The zero-order valence-corrected chi connectivity index (χ0v) is 11.7. The van der Waals surface area contributed by atoms with Crippen LogP contribution < -0.4 is 5.73 Å². The zero-order valence-electron chi connectivity index (χ0n) is 11.7. The summed E-state index contributed by atoms with van der Waals surface area (Å²) in [6.07, 6.45) is 0.611. The highest BCUT2D eigenvalue weighted by Gasteiger charge is 2.31. The third-order valence-corrected chi connectivity index (χ3v) is 3.60. The molecule has 0 saturated carbocycles. The van der Waals surface area contributed by atoms with E-state index in [-0.39, 0.29) is 5.97 Å². The summed E-state index contributed by atoms with van der Waals surface area (Å²) in [5.74, 6) is -0.313. The third-order valence-electron chi connectivity index (χ3n) is 3.60. The largest absolute Gasteiger partial charge is 0.465 e. The first kappa shape index (κ1) is 14.0. The van der Waals surface area contributed by atoms with Gasteiger partial charge in [-0.05, 0) is 31.4 Å². The number of benzene rings is 1. The second kappa shape index (κ2) is 5.72. The molecule has 2 N–H and O–H groups in total. The Morgan fingerprint density at radius 2 is 1.95 bits per heavy atom. The Labute approximate surface area is 114 Å². The smallest absolute Gasteiger partial charge is 0.325 e. The molecule has 0 aromatic heterocycles. The number of esters is 1. The van der Waals surface area contributed by atoms with E-state index in [0.717, 1.165) is 19.6 Å². The normalized spacial score (nSPS) is 17.8. The third kappa shape index (κ3) is 3.33. The van der Waals surface area contributed by atoms with Gasteiger partial charge in [0.05, 0.1) is 6.61 Å². The van der Waals surface area contributed by atoms with Gasteiger partial charge in [0, 0.05) is 19.6 Å². The van der Waals surface area contributed by atoms with E-state index in [1.165, 1.54) is 11.1 Å². The monoisotopic (exact) mass is 262 g/mol. The fourth-order valence-electron chi connectivity index (χ4n) is 2.35. The molecule has 1 aliphatic heterocycles. The molecule has 4 nitrogen and oxygen atoms in total. The average Bonchev–Trinajstić information content (AvgIpc) is 2.79. The Morgan fingerprint density at radius 1 is 1.37 bits per heavy atom. The summed E-state index contributed by atoms with van der Waals surface area (Å²) >= 11 is 0. The second-order valence-electron chi connectivity index (χ2n) is 5.37. The summed E-state index contributed by atoms with van der Waals surface area (Å²) in [4.78, 5) is 14.0. The van der Waals surface area contributed by atoms with Crippen LogP contribution in [0.25, 0.3) is 0 Å². The molecule has 0 aliphatic carbocycles. The first-order valence-corrected chi connectivity index (χ1v) is 6.78. The number of fused-ring (bicyclic) bond motifs is 1. The summed E-state index contributed by atoms with van der Waals surface area (Å²) in [5, 5.41) is 0. The van der Waals surface area contributed by atoms with Gasteiger partial charge in [-0.25, -0.2) is 0 Å². The van der Waals surface area contributed by atoms with Crippen molar-refractivity contribution in [2.24, 2.45) is 5.73 Å². The van der Waals surface area contributed by atoms with Crippen LogP contribution in [0.2, 0.25) is 0 Å². The maximum atomic E-state index is 11.7. The average molecular weight is 262 g/mol. The minimum absolute atomic E-state index is 0.313. The molecule has 1 unspecified atom stereocenters. The maximum absolute atomic E-state index is 11.7. The standard InChI is InChI=1S/C15H22N2O2/c1-3-19-14(18)15(2,16)8-9-17-10-12-6-4-5-7-13(12)11-17/h4-7H,3,8-11,16H2,1-2H3. The molecular formula is C15H22N2O2. The number of carbonyl (C=O) groups is 1. The number of ether oxygens (including phenoxy) is 1. The van der Waals surface area contributed by atoms with Crippen molar-refractivity contribution in [3.8, 4) is 0 Å². The van der Waals surface area contributed by atoms with Gasteiger partial charge in [-0.2, -0.15) is 0 Å². The molecule has 1 aliphatic rings. The Balaban J connectivity index is 1.86. The van der Waals surface area contributed by atoms with Gasteiger partial charge in [-0.15, -0.1) is 0 Å². The van der Waals surface area contributed by atoms with Crippen molar-refractivity contribution >= 4 is 5.97 Å². The quantitative estimate of drug-likeness (QED) is 0.820. The maximum Gasteiger partial charge on any atom is 0.325 e. The topological polar surface area (TPSA) is 55.6 Å². The van der Waals surface area contributed by atoms with Crippen molar-refractivity contribution in [1.29, 1.82) is 0 Å². The van der Waals surface area contributed by atoms with Crippen LogP contribution in [0.15, 0.2) is 24.3 Å². The Bertz CT molecular complexity index is 432. The van der Waals surface area contributed by atoms with Crippen molar-refractivity contribution in [1.82, 2.24) is 4.90 Å². The first-order valence-electron chi connectivity index (χ1n) is 6.78. The van der Waals surface area contributed by atoms with Gasteiger partial charge in [0.15, 0.2) is 0 Å². The lowest BCUT2D eigenvalue weighted by molar-refractivity contribution is -0.149. The number of nitrogens with zero attached hydrogens (tertiary/aromatic N) is 1. The zero-order chi connectivity index (χ0) is 13.9. The minimum Gasteiger partial charge on any atom is -0.465 e.